The molecule has 9 nitrogen and oxygen atoms in total. The van der Waals surface area contributed by atoms with Gasteiger partial charge in [0.15, 0.2) is 12.4 Å². The fourth-order valence-corrected chi connectivity index (χ4v) is 4.57. The average molecular weight is 431 g/mol. The number of nitrogens with zero attached hydrogens (tertiary/aromatic N) is 5. The summed E-state index contributed by atoms with van der Waals surface area (Å²) in [5.41, 5.74) is 0.940. The van der Waals surface area contributed by atoms with Crippen LogP contribution >= 0.6 is 11.7 Å². The van der Waals surface area contributed by atoms with E-state index in [-0.39, 0.29) is 18.0 Å². The minimum absolute atomic E-state index is 0.135. The first-order valence-electron chi connectivity index (χ1n) is 8.71. The highest BCUT2D eigenvalue weighted by Gasteiger charge is 2.25. The van der Waals surface area contributed by atoms with E-state index in [9.17, 15) is 8.42 Å². The van der Waals surface area contributed by atoms with Gasteiger partial charge in [-0.05, 0) is 24.3 Å². The minimum Gasteiger partial charge on any atom is -0.484 e. The molecule has 4 rings (SSSR count). The Balaban J connectivity index is 1.39. The zero-order valence-corrected chi connectivity index (χ0v) is 17.1. The number of hydrogen-bond acceptors (Lipinski definition) is 9. The second kappa shape index (κ2) is 8.23. The molecule has 0 aliphatic rings. The van der Waals surface area contributed by atoms with Gasteiger partial charge >= 0.3 is 0 Å². The predicted octanol–water partition coefficient (Wildman–Crippen LogP) is 2.52. The molecule has 0 N–H and O–H groups in total. The first-order chi connectivity index (χ1) is 14.0. The standard InChI is InChI=1S/C18H17N5O4S2/c1-23(29(24,25)15-9-5-8-14-18(15)22-28-21-14)11-10-16-19-17(27-20-16)12-26-13-6-3-2-4-7-13/h2-9H,10-12H2,1H3. The molecule has 11 heteroatoms. The average Bonchev–Trinajstić information content (AvgIpc) is 3.40. The van der Waals surface area contributed by atoms with Gasteiger partial charge in [-0.15, -0.1) is 0 Å². The molecular weight excluding hydrogens is 414 g/mol. The largest absolute Gasteiger partial charge is 0.484 e. The molecule has 0 bridgehead atoms. The maximum atomic E-state index is 12.9. The first kappa shape index (κ1) is 19.4. The Labute approximate surface area is 171 Å². The number of hydrogen-bond donors (Lipinski definition) is 0. The quantitative estimate of drug-likeness (QED) is 0.418. The minimum atomic E-state index is -3.72. The van der Waals surface area contributed by atoms with Crippen molar-refractivity contribution in [2.24, 2.45) is 0 Å². The van der Waals surface area contributed by atoms with Gasteiger partial charge < -0.3 is 9.26 Å². The van der Waals surface area contributed by atoms with Crippen LogP contribution in [0.4, 0.5) is 0 Å². The molecule has 29 heavy (non-hydrogen) atoms. The van der Waals surface area contributed by atoms with Crippen LogP contribution in [0.1, 0.15) is 11.7 Å². The van der Waals surface area contributed by atoms with Crippen LogP contribution in [0.25, 0.3) is 11.0 Å². The van der Waals surface area contributed by atoms with Crippen LogP contribution in [0.2, 0.25) is 0 Å². The normalized spacial score (nSPS) is 11.9. The third-order valence-electron chi connectivity index (χ3n) is 4.20. The van der Waals surface area contributed by atoms with E-state index in [4.69, 9.17) is 9.26 Å². The van der Waals surface area contributed by atoms with Crippen LogP contribution in [-0.4, -0.2) is 45.2 Å². The highest BCUT2D eigenvalue weighted by Crippen LogP contribution is 2.23. The number of rotatable bonds is 8. The zero-order chi connectivity index (χ0) is 20.3. The number of likely N-dealkylation sites (N-methyl/N-ethyl adjacent to an activating group) is 1. The molecule has 0 spiro atoms. The van der Waals surface area contributed by atoms with Gasteiger partial charge in [-0.25, -0.2) is 12.7 Å². The number of fused-ring (bicyclic) bond motifs is 1. The molecule has 0 amide bonds. The predicted molar refractivity (Wildman–Crippen MR) is 106 cm³/mol. The van der Waals surface area contributed by atoms with E-state index in [2.05, 4.69) is 18.9 Å². The summed E-state index contributed by atoms with van der Waals surface area (Å²) < 4.78 is 46.0. The number of ether oxygens (including phenoxy) is 1. The fourth-order valence-electron chi connectivity index (χ4n) is 2.65. The third kappa shape index (κ3) is 4.26. The maximum absolute atomic E-state index is 12.9. The molecule has 0 atom stereocenters. The van der Waals surface area contributed by atoms with Crippen molar-refractivity contribution in [3.05, 3.63) is 60.2 Å². The van der Waals surface area contributed by atoms with Gasteiger partial charge in [0.1, 0.15) is 21.7 Å². The van der Waals surface area contributed by atoms with Gasteiger partial charge in [0, 0.05) is 20.0 Å². The van der Waals surface area contributed by atoms with E-state index in [1.54, 1.807) is 12.1 Å². The van der Waals surface area contributed by atoms with Crippen molar-refractivity contribution in [2.75, 3.05) is 13.6 Å². The lowest BCUT2D eigenvalue weighted by Gasteiger charge is -2.16. The number of benzene rings is 2. The lowest BCUT2D eigenvalue weighted by Crippen LogP contribution is -2.29. The van der Waals surface area contributed by atoms with E-state index in [0.717, 1.165) is 11.7 Å². The van der Waals surface area contributed by atoms with Gasteiger partial charge in [-0.3, -0.25) is 0 Å². The molecular formula is C18H17N5O4S2. The Morgan fingerprint density at radius 2 is 1.93 bits per heavy atom. The number of sulfonamides is 1. The number of para-hydroxylation sites is 1. The first-order valence-corrected chi connectivity index (χ1v) is 10.9. The van der Waals surface area contributed by atoms with E-state index in [1.807, 2.05) is 30.3 Å². The summed E-state index contributed by atoms with van der Waals surface area (Å²) in [5, 5.41) is 3.89. The summed E-state index contributed by atoms with van der Waals surface area (Å²) in [6.45, 7) is 0.332. The van der Waals surface area contributed by atoms with Crippen molar-refractivity contribution in [3.63, 3.8) is 0 Å². The maximum Gasteiger partial charge on any atom is 0.264 e. The van der Waals surface area contributed by atoms with Crippen molar-refractivity contribution in [2.45, 2.75) is 17.9 Å². The molecule has 2 aromatic carbocycles. The molecule has 0 saturated heterocycles. The summed E-state index contributed by atoms with van der Waals surface area (Å²) in [4.78, 5) is 4.38. The van der Waals surface area contributed by atoms with Gasteiger partial charge in [0.25, 0.3) is 5.89 Å². The van der Waals surface area contributed by atoms with Gasteiger partial charge in [-0.2, -0.15) is 13.7 Å². The van der Waals surface area contributed by atoms with E-state index in [1.165, 1.54) is 17.4 Å². The number of aromatic nitrogens is 4. The van der Waals surface area contributed by atoms with Crippen LogP contribution in [0.15, 0.2) is 57.9 Å². The van der Waals surface area contributed by atoms with E-state index >= 15 is 0 Å². The molecule has 0 saturated carbocycles. The molecule has 0 radical (unpaired) electrons. The highest BCUT2D eigenvalue weighted by atomic mass is 32.2. The zero-order valence-electron chi connectivity index (χ0n) is 15.4. The van der Waals surface area contributed by atoms with Crippen LogP contribution in [0.3, 0.4) is 0 Å². The molecule has 2 aromatic heterocycles. The van der Waals surface area contributed by atoms with E-state index in [0.29, 0.717) is 34.9 Å². The third-order valence-corrected chi connectivity index (χ3v) is 6.63. The van der Waals surface area contributed by atoms with Crippen LogP contribution < -0.4 is 4.74 Å². The Bertz CT molecular complexity index is 1210. The van der Waals surface area contributed by atoms with Gasteiger partial charge in [-0.1, -0.05) is 29.4 Å². The molecule has 4 aromatic rings. The van der Waals surface area contributed by atoms with Gasteiger partial charge in [0.2, 0.25) is 10.0 Å². The van der Waals surface area contributed by atoms with Crippen LogP contribution in [0.5, 0.6) is 5.75 Å². The van der Waals surface area contributed by atoms with Crippen LogP contribution in [-0.2, 0) is 23.1 Å². The SMILES string of the molecule is CN(CCc1noc(COc2ccccc2)n1)S(=O)(=O)c1cccc2nsnc12. The highest BCUT2D eigenvalue weighted by molar-refractivity contribution is 7.89. The topological polar surface area (TPSA) is 111 Å². The van der Waals surface area contributed by atoms with Gasteiger partial charge in [0.05, 0.1) is 11.7 Å². The van der Waals surface area contributed by atoms with E-state index < -0.39 is 10.0 Å². The van der Waals surface area contributed by atoms with Crippen molar-refractivity contribution in [1.82, 2.24) is 23.2 Å². The summed E-state index contributed by atoms with van der Waals surface area (Å²) in [5.74, 6) is 1.43. The smallest absolute Gasteiger partial charge is 0.264 e. The molecule has 0 aliphatic heterocycles. The summed E-state index contributed by atoms with van der Waals surface area (Å²) >= 11 is 0.984. The molecule has 2 heterocycles. The second-order valence-corrected chi connectivity index (χ2v) is 8.71. The Kier molecular flexibility index (Phi) is 5.51. The lowest BCUT2D eigenvalue weighted by molar-refractivity contribution is 0.242. The Morgan fingerprint density at radius 3 is 2.76 bits per heavy atom. The summed E-state index contributed by atoms with van der Waals surface area (Å²) in [7, 11) is -2.21. The second-order valence-electron chi connectivity index (χ2n) is 6.17. The van der Waals surface area contributed by atoms with Crippen molar-refractivity contribution in [3.8, 4) is 5.75 Å². The Hall–Kier alpha value is -2.89. The van der Waals surface area contributed by atoms with Crippen LogP contribution in [0, 0.1) is 0 Å². The monoisotopic (exact) mass is 431 g/mol. The van der Waals surface area contributed by atoms with Crippen molar-refractivity contribution < 1.29 is 17.7 Å². The lowest BCUT2D eigenvalue weighted by atomic mass is 10.3. The summed E-state index contributed by atoms with van der Waals surface area (Å²) in [6.07, 6.45) is 0.301. The molecule has 0 fully saturated rings. The molecule has 150 valence electrons. The van der Waals surface area contributed by atoms with Crippen molar-refractivity contribution in [1.29, 1.82) is 0 Å². The molecule has 0 unspecified atom stereocenters. The van der Waals surface area contributed by atoms with Crippen molar-refractivity contribution >= 4 is 32.8 Å². The Morgan fingerprint density at radius 1 is 1.10 bits per heavy atom. The fraction of sp³-hybridized carbons (Fsp3) is 0.222. The summed E-state index contributed by atoms with van der Waals surface area (Å²) in [6, 6.07) is 14.2. The molecule has 0 aliphatic carbocycles.